The first-order valence-corrected chi connectivity index (χ1v) is 11.0. The second-order valence-corrected chi connectivity index (χ2v) is 11.0. The maximum Gasteiger partial charge on any atom is 0.118 e. The third-order valence-electron chi connectivity index (χ3n) is 5.88. The van der Waals surface area contributed by atoms with Crippen LogP contribution < -0.4 is 0 Å². The maximum atomic E-state index is 11.4. The van der Waals surface area contributed by atoms with Crippen LogP contribution >= 0.6 is 0 Å². The van der Waals surface area contributed by atoms with Gasteiger partial charge in [0.2, 0.25) is 0 Å². The highest BCUT2D eigenvalue weighted by molar-refractivity contribution is 6.09. The first kappa shape index (κ1) is 23.6. The van der Waals surface area contributed by atoms with E-state index in [9.17, 15) is 5.11 Å². The summed E-state index contributed by atoms with van der Waals surface area (Å²) in [7, 11) is 1.78. The molecule has 1 atom stereocenters. The van der Waals surface area contributed by atoms with Crippen molar-refractivity contribution >= 4 is 11.3 Å². The molecule has 0 bridgehead atoms. The van der Waals surface area contributed by atoms with E-state index in [1.165, 1.54) is 27.8 Å². The fourth-order valence-electron chi connectivity index (χ4n) is 4.40. The lowest BCUT2D eigenvalue weighted by atomic mass is 9.65. The molecule has 0 radical (unpaired) electrons. The molecule has 0 spiro atoms. The van der Waals surface area contributed by atoms with Crippen LogP contribution in [0.4, 0.5) is 0 Å². The van der Waals surface area contributed by atoms with Gasteiger partial charge in [-0.15, -0.1) is 0 Å². The average Bonchev–Trinajstić information content (AvgIpc) is 2.58. The number of nitrogens with zero attached hydrogens (tertiary/aromatic N) is 1. The highest BCUT2D eigenvalue weighted by atomic mass is 16.3. The quantitative estimate of drug-likeness (QED) is 0.579. The molecule has 0 aromatic heterocycles. The molecule has 1 aromatic carbocycles. The maximum absolute atomic E-state index is 11.4. The lowest BCUT2D eigenvalue weighted by Crippen LogP contribution is -2.35. The van der Waals surface area contributed by atoms with Crippen LogP contribution in [0.2, 0.25) is 0 Å². The summed E-state index contributed by atoms with van der Waals surface area (Å²) in [5.74, 6) is 0.800. The number of aliphatic imine (C=N–C) groups is 1. The van der Waals surface area contributed by atoms with Gasteiger partial charge in [-0.05, 0) is 62.2 Å². The number of hydrogen-bond donors (Lipinski definition) is 1. The number of hydrogen-bond acceptors (Lipinski definition) is 2. The summed E-state index contributed by atoms with van der Waals surface area (Å²) in [6, 6.07) is 6.70. The van der Waals surface area contributed by atoms with Crippen LogP contribution in [0, 0.1) is 10.8 Å². The third kappa shape index (κ3) is 4.58. The molecule has 0 saturated heterocycles. The van der Waals surface area contributed by atoms with Crippen LogP contribution in [-0.4, -0.2) is 24.0 Å². The molecule has 0 fully saturated rings. The van der Waals surface area contributed by atoms with E-state index in [2.05, 4.69) is 98.5 Å². The van der Waals surface area contributed by atoms with Crippen molar-refractivity contribution in [2.45, 2.75) is 87.2 Å². The minimum absolute atomic E-state index is 0.0692. The van der Waals surface area contributed by atoms with Crippen LogP contribution in [0.15, 0.2) is 40.4 Å². The predicted molar refractivity (Wildman–Crippen MR) is 128 cm³/mol. The van der Waals surface area contributed by atoms with Gasteiger partial charge in [-0.3, -0.25) is 4.99 Å². The standard InChI is InChI=1S/C27H41NO/c1-16(2)18-13-12-14-19(17(3)4)22(18)23-20(26(5,6)7)15-21(28-11)25(29)24(23)27(8,9)10/h12-17,25,29H,1-11H3. The van der Waals surface area contributed by atoms with Gasteiger partial charge in [-0.1, -0.05) is 87.4 Å². The number of allylic oxidation sites excluding steroid dienone is 2. The van der Waals surface area contributed by atoms with Gasteiger partial charge in [0.1, 0.15) is 6.10 Å². The first-order valence-electron chi connectivity index (χ1n) is 11.0. The minimum Gasteiger partial charge on any atom is -0.382 e. The first-order chi connectivity index (χ1) is 13.2. The van der Waals surface area contributed by atoms with Crippen molar-refractivity contribution in [1.82, 2.24) is 0 Å². The Kier molecular flexibility index (Phi) is 6.69. The van der Waals surface area contributed by atoms with Crippen molar-refractivity contribution in [3.05, 3.63) is 52.1 Å². The summed E-state index contributed by atoms with van der Waals surface area (Å²) in [6.07, 6.45) is 1.46. The van der Waals surface area contributed by atoms with Crippen molar-refractivity contribution in [1.29, 1.82) is 0 Å². The molecule has 2 heteroatoms. The average molecular weight is 396 g/mol. The summed E-state index contributed by atoms with van der Waals surface area (Å²) >= 11 is 0. The summed E-state index contributed by atoms with van der Waals surface area (Å²) in [6.45, 7) is 22.5. The zero-order valence-corrected chi connectivity index (χ0v) is 20.4. The molecule has 2 nitrogen and oxygen atoms in total. The van der Waals surface area contributed by atoms with E-state index in [0.717, 1.165) is 11.3 Å². The monoisotopic (exact) mass is 395 g/mol. The van der Waals surface area contributed by atoms with Crippen molar-refractivity contribution in [2.24, 2.45) is 15.8 Å². The van der Waals surface area contributed by atoms with Crippen molar-refractivity contribution in [2.75, 3.05) is 7.05 Å². The van der Waals surface area contributed by atoms with Crippen LogP contribution in [-0.2, 0) is 0 Å². The van der Waals surface area contributed by atoms with Gasteiger partial charge in [0, 0.05) is 7.05 Å². The van der Waals surface area contributed by atoms with Crippen LogP contribution in [0.5, 0.6) is 0 Å². The second kappa shape index (κ2) is 8.22. The lowest BCUT2D eigenvalue weighted by molar-refractivity contribution is 0.245. The molecule has 0 amide bonds. The Balaban J connectivity index is 3.12. The van der Waals surface area contributed by atoms with Gasteiger partial charge in [0.05, 0.1) is 5.71 Å². The molecule has 160 valence electrons. The molecule has 1 aromatic rings. The molecule has 1 N–H and O–H groups in total. The molecule has 0 heterocycles. The molecular formula is C27H41NO. The Morgan fingerprint density at radius 3 is 1.69 bits per heavy atom. The fourth-order valence-corrected chi connectivity index (χ4v) is 4.40. The Morgan fingerprint density at radius 1 is 0.862 bits per heavy atom. The fraction of sp³-hybridized carbons (Fsp3) is 0.593. The molecular weight excluding hydrogens is 354 g/mol. The van der Waals surface area contributed by atoms with Gasteiger partial charge < -0.3 is 5.11 Å². The van der Waals surface area contributed by atoms with E-state index in [0.29, 0.717) is 11.8 Å². The molecule has 0 saturated carbocycles. The van der Waals surface area contributed by atoms with Crippen molar-refractivity contribution < 1.29 is 5.11 Å². The van der Waals surface area contributed by atoms with Gasteiger partial charge >= 0.3 is 0 Å². The van der Waals surface area contributed by atoms with E-state index < -0.39 is 6.10 Å². The SMILES string of the molecule is CN=C1C=C(C(C)(C)C)C(c2c(C(C)C)cccc2C(C)C)=C(C(C)(C)C)C1O. The normalized spacial score (nSPS) is 20.1. The molecule has 2 rings (SSSR count). The zero-order chi connectivity index (χ0) is 22.3. The van der Waals surface area contributed by atoms with Gasteiger partial charge in [-0.25, -0.2) is 0 Å². The summed E-state index contributed by atoms with van der Waals surface area (Å²) in [5.41, 5.74) is 8.12. The van der Waals surface area contributed by atoms with Crippen molar-refractivity contribution in [3.8, 4) is 0 Å². The summed E-state index contributed by atoms with van der Waals surface area (Å²) < 4.78 is 0. The highest BCUT2D eigenvalue weighted by Crippen LogP contribution is 2.50. The number of benzene rings is 1. The van der Waals surface area contributed by atoms with Crippen LogP contribution in [0.25, 0.3) is 5.57 Å². The number of aliphatic hydroxyl groups is 1. The number of rotatable bonds is 3. The smallest absolute Gasteiger partial charge is 0.118 e. The minimum atomic E-state index is -0.679. The van der Waals surface area contributed by atoms with E-state index in [1.807, 2.05) is 0 Å². The zero-order valence-electron chi connectivity index (χ0n) is 20.4. The molecule has 0 aliphatic heterocycles. The Labute approximate surface area is 178 Å². The van der Waals surface area contributed by atoms with E-state index in [1.54, 1.807) is 7.05 Å². The number of aliphatic hydroxyl groups excluding tert-OH is 1. The molecule has 1 aliphatic carbocycles. The highest BCUT2D eigenvalue weighted by Gasteiger charge is 2.39. The largest absolute Gasteiger partial charge is 0.382 e. The van der Waals surface area contributed by atoms with Crippen LogP contribution in [0.3, 0.4) is 0 Å². The predicted octanol–water partition coefficient (Wildman–Crippen LogP) is 7.15. The van der Waals surface area contributed by atoms with Gasteiger partial charge in [0.15, 0.2) is 0 Å². The Morgan fingerprint density at radius 2 is 1.34 bits per heavy atom. The Hall–Kier alpha value is -1.67. The summed E-state index contributed by atoms with van der Waals surface area (Å²) in [5, 5.41) is 11.4. The van der Waals surface area contributed by atoms with E-state index in [4.69, 9.17) is 0 Å². The lowest BCUT2D eigenvalue weighted by Gasteiger charge is -2.40. The molecule has 29 heavy (non-hydrogen) atoms. The second-order valence-electron chi connectivity index (χ2n) is 11.0. The van der Waals surface area contributed by atoms with Crippen LogP contribution in [0.1, 0.15) is 97.8 Å². The third-order valence-corrected chi connectivity index (χ3v) is 5.88. The van der Waals surface area contributed by atoms with Gasteiger partial charge in [-0.2, -0.15) is 0 Å². The van der Waals surface area contributed by atoms with E-state index >= 15 is 0 Å². The molecule has 1 unspecified atom stereocenters. The molecule has 1 aliphatic rings. The Bertz CT molecular complexity index is 825. The van der Waals surface area contributed by atoms with Gasteiger partial charge in [0.25, 0.3) is 0 Å². The topological polar surface area (TPSA) is 32.6 Å². The van der Waals surface area contributed by atoms with E-state index in [-0.39, 0.29) is 10.8 Å². The van der Waals surface area contributed by atoms with Crippen molar-refractivity contribution in [3.63, 3.8) is 0 Å². The summed E-state index contributed by atoms with van der Waals surface area (Å²) in [4.78, 5) is 4.46.